The number of phenols is 1. The van der Waals surface area contributed by atoms with E-state index in [-0.39, 0.29) is 0 Å². The molecule has 0 radical (unpaired) electrons. The van der Waals surface area contributed by atoms with E-state index in [4.69, 9.17) is 0 Å². The third-order valence-electron chi connectivity index (χ3n) is 2.86. The van der Waals surface area contributed by atoms with Gasteiger partial charge in [0.25, 0.3) is 0 Å². The number of phenolic OH excluding ortho intramolecular Hbond substituents is 1. The summed E-state index contributed by atoms with van der Waals surface area (Å²) in [6.45, 7) is 0. The first-order valence-electron chi connectivity index (χ1n) is 5.63. The third-order valence-corrected chi connectivity index (χ3v) is 3.50. The quantitative estimate of drug-likeness (QED) is 0.737. The zero-order valence-corrected chi connectivity index (χ0v) is 11.1. The summed E-state index contributed by atoms with van der Waals surface area (Å²) in [6.07, 6.45) is 2.60. The van der Waals surface area contributed by atoms with E-state index in [0.29, 0.717) is 12.2 Å². The maximum Gasteiger partial charge on any atom is 0.137 e. The van der Waals surface area contributed by atoms with Gasteiger partial charge in [-0.15, -0.1) is 0 Å². The van der Waals surface area contributed by atoms with Crippen LogP contribution in [0.5, 0.6) is 5.75 Å². The summed E-state index contributed by atoms with van der Waals surface area (Å²) in [6, 6.07) is 13.2. The third kappa shape index (κ3) is 1.99. The molecule has 3 aromatic rings. The molecule has 90 valence electrons. The van der Waals surface area contributed by atoms with Gasteiger partial charge in [-0.3, -0.25) is 4.40 Å². The minimum Gasteiger partial charge on any atom is -0.508 e. The van der Waals surface area contributed by atoms with E-state index in [1.807, 2.05) is 47.0 Å². The topological polar surface area (TPSA) is 37.5 Å². The summed E-state index contributed by atoms with van der Waals surface area (Å²) in [7, 11) is 0. The van der Waals surface area contributed by atoms with Crippen molar-refractivity contribution >= 4 is 21.6 Å². The second kappa shape index (κ2) is 4.46. The predicted octanol–water partition coefficient (Wildman–Crippen LogP) is 3.39. The molecule has 3 rings (SSSR count). The number of hydrogen-bond acceptors (Lipinski definition) is 2. The molecule has 0 spiro atoms. The zero-order chi connectivity index (χ0) is 12.5. The van der Waals surface area contributed by atoms with E-state index in [2.05, 4.69) is 20.9 Å². The van der Waals surface area contributed by atoms with Gasteiger partial charge in [-0.25, -0.2) is 4.98 Å². The Hall–Kier alpha value is -1.81. The van der Waals surface area contributed by atoms with Crippen LogP contribution < -0.4 is 0 Å². The molecule has 2 heterocycles. The van der Waals surface area contributed by atoms with E-state index < -0.39 is 0 Å². The molecule has 0 amide bonds. The van der Waals surface area contributed by atoms with Crippen molar-refractivity contribution < 1.29 is 5.11 Å². The number of fused-ring (bicyclic) bond motifs is 1. The largest absolute Gasteiger partial charge is 0.508 e. The number of pyridine rings is 1. The minimum absolute atomic E-state index is 0.314. The molecular weight excluding hydrogens is 292 g/mol. The molecule has 0 aliphatic rings. The van der Waals surface area contributed by atoms with Crippen molar-refractivity contribution in [3.05, 3.63) is 64.5 Å². The first-order valence-corrected chi connectivity index (χ1v) is 6.43. The molecule has 3 nitrogen and oxygen atoms in total. The van der Waals surface area contributed by atoms with Crippen LogP contribution in [-0.2, 0) is 6.42 Å². The number of benzene rings is 1. The van der Waals surface area contributed by atoms with Crippen LogP contribution in [0.4, 0.5) is 0 Å². The monoisotopic (exact) mass is 302 g/mol. The van der Waals surface area contributed by atoms with Crippen molar-refractivity contribution in [2.75, 3.05) is 0 Å². The highest BCUT2D eigenvalue weighted by Crippen LogP contribution is 2.21. The van der Waals surface area contributed by atoms with Crippen LogP contribution in [0.2, 0.25) is 0 Å². The fourth-order valence-corrected chi connectivity index (χ4v) is 2.40. The van der Waals surface area contributed by atoms with Crippen LogP contribution in [0.15, 0.2) is 53.3 Å². The van der Waals surface area contributed by atoms with Gasteiger partial charge in [0.15, 0.2) is 0 Å². The minimum atomic E-state index is 0.314. The molecule has 0 saturated heterocycles. The van der Waals surface area contributed by atoms with Gasteiger partial charge in [0.05, 0.1) is 10.3 Å². The molecule has 2 aromatic heterocycles. The normalized spacial score (nSPS) is 10.9. The number of halogens is 1. The number of aromatic nitrogens is 2. The van der Waals surface area contributed by atoms with E-state index in [0.717, 1.165) is 21.5 Å². The standard InChI is InChI=1S/C14H11BrN2O/c15-13-6-3-7-14-16-11(9-17(13)14)8-10-4-1-2-5-12(10)18/h1-7,9,18H,8H2. The van der Waals surface area contributed by atoms with Gasteiger partial charge < -0.3 is 5.11 Å². The van der Waals surface area contributed by atoms with Crippen molar-refractivity contribution in [1.82, 2.24) is 9.38 Å². The molecule has 1 N–H and O–H groups in total. The summed E-state index contributed by atoms with van der Waals surface area (Å²) in [5.41, 5.74) is 2.72. The summed E-state index contributed by atoms with van der Waals surface area (Å²) in [5, 5.41) is 9.76. The first kappa shape index (κ1) is 11.3. The summed E-state index contributed by atoms with van der Waals surface area (Å²) < 4.78 is 2.95. The van der Waals surface area contributed by atoms with E-state index >= 15 is 0 Å². The molecular formula is C14H11BrN2O. The molecule has 0 aliphatic carbocycles. The van der Waals surface area contributed by atoms with Crippen molar-refractivity contribution in [3.8, 4) is 5.75 Å². The van der Waals surface area contributed by atoms with Gasteiger partial charge in [0.2, 0.25) is 0 Å². The molecule has 0 unspecified atom stereocenters. The van der Waals surface area contributed by atoms with Crippen LogP contribution in [-0.4, -0.2) is 14.5 Å². The second-order valence-corrected chi connectivity index (χ2v) is 4.93. The van der Waals surface area contributed by atoms with E-state index in [1.165, 1.54) is 0 Å². The van der Waals surface area contributed by atoms with Crippen molar-refractivity contribution in [2.24, 2.45) is 0 Å². The average molecular weight is 303 g/mol. The lowest BCUT2D eigenvalue weighted by Crippen LogP contribution is -1.88. The molecule has 18 heavy (non-hydrogen) atoms. The summed E-state index contributed by atoms with van der Waals surface area (Å²) in [5.74, 6) is 0.314. The van der Waals surface area contributed by atoms with Crippen LogP contribution >= 0.6 is 15.9 Å². The highest BCUT2D eigenvalue weighted by molar-refractivity contribution is 9.10. The number of aromatic hydroxyl groups is 1. The Morgan fingerprint density at radius 1 is 1.11 bits per heavy atom. The van der Waals surface area contributed by atoms with E-state index in [1.54, 1.807) is 6.07 Å². The van der Waals surface area contributed by atoms with E-state index in [9.17, 15) is 5.11 Å². The molecule has 4 heteroatoms. The Labute approximate surface area is 113 Å². The maximum absolute atomic E-state index is 9.76. The smallest absolute Gasteiger partial charge is 0.137 e. The molecule has 1 aromatic carbocycles. The van der Waals surface area contributed by atoms with Gasteiger partial charge >= 0.3 is 0 Å². The molecule has 0 fully saturated rings. The number of imidazole rings is 1. The molecule has 0 bridgehead atoms. The van der Waals surface area contributed by atoms with Crippen LogP contribution in [0.3, 0.4) is 0 Å². The maximum atomic E-state index is 9.76. The number of para-hydroxylation sites is 1. The van der Waals surface area contributed by atoms with Gasteiger partial charge in [-0.1, -0.05) is 24.3 Å². The van der Waals surface area contributed by atoms with Gasteiger partial charge in [-0.2, -0.15) is 0 Å². The van der Waals surface area contributed by atoms with Crippen LogP contribution in [0.25, 0.3) is 5.65 Å². The fraction of sp³-hybridized carbons (Fsp3) is 0.0714. The van der Waals surface area contributed by atoms with Gasteiger partial charge in [0, 0.05) is 12.6 Å². The number of nitrogens with zero attached hydrogens (tertiary/aromatic N) is 2. The van der Waals surface area contributed by atoms with Crippen molar-refractivity contribution in [3.63, 3.8) is 0 Å². The Balaban J connectivity index is 2.01. The molecule has 0 atom stereocenters. The van der Waals surface area contributed by atoms with Gasteiger partial charge in [0.1, 0.15) is 11.4 Å². The SMILES string of the molecule is Oc1ccccc1Cc1cn2c(Br)cccc2n1. The fourth-order valence-electron chi connectivity index (χ4n) is 1.97. The van der Waals surface area contributed by atoms with Crippen LogP contribution in [0, 0.1) is 0 Å². The Bertz CT molecular complexity index is 706. The lowest BCUT2D eigenvalue weighted by molar-refractivity contribution is 0.469. The summed E-state index contributed by atoms with van der Waals surface area (Å²) >= 11 is 3.48. The number of rotatable bonds is 2. The predicted molar refractivity (Wildman–Crippen MR) is 73.8 cm³/mol. The Morgan fingerprint density at radius 2 is 1.94 bits per heavy atom. The summed E-state index contributed by atoms with van der Waals surface area (Å²) in [4.78, 5) is 4.53. The Kier molecular flexibility index (Phi) is 2.80. The molecule has 0 saturated carbocycles. The van der Waals surface area contributed by atoms with Crippen molar-refractivity contribution in [2.45, 2.75) is 6.42 Å². The lowest BCUT2D eigenvalue weighted by atomic mass is 10.1. The van der Waals surface area contributed by atoms with Crippen molar-refractivity contribution in [1.29, 1.82) is 0 Å². The molecule has 0 aliphatic heterocycles. The van der Waals surface area contributed by atoms with Crippen LogP contribution in [0.1, 0.15) is 11.3 Å². The Morgan fingerprint density at radius 3 is 2.72 bits per heavy atom. The number of hydrogen-bond donors (Lipinski definition) is 1. The first-order chi connectivity index (χ1) is 8.74. The lowest BCUT2D eigenvalue weighted by Gasteiger charge is -2.00. The zero-order valence-electron chi connectivity index (χ0n) is 9.55. The highest BCUT2D eigenvalue weighted by Gasteiger charge is 2.06. The second-order valence-electron chi connectivity index (χ2n) is 4.11. The highest BCUT2D eigenvalue weighted by atomic mass is 79.9. The average Bonchev–Trinajstić information content (AvgIpc) is 2.76. The van der Waals surface area contributed by atoms with Gasteiger partial charge in [-0.05, 0) is 39.7 Å².